The van der Waals surface area contributed by atoms with Gasteiger partial charge in [-0.2, -0.15) is 0 Å². The van der Waals surface area contributed by atoms with Crippen LogP contribution in [0.2, 0.25) is 0 Å². The number of aryl methyl sites for hydroxylation is 1. The maximum atomic E-state index is 13.9. The Balaban J connectivity index is 2.63. The number of benzene rings is 2. The van der Waals surface area contributed by atoms with Crippen LogP contribution in [0, 0.1) is 22.1 Å². The fourth-order valence-electron chi connectivity index (χ4n) is 1.69. The summed E-state index contributed by atoms with van der Waals surface area (Å²) in [7, 11) is 0. The number of rotatable bonds is 2. The fraction of sp³-hybridized carbons (Fsp3) is 0.0714. The van der Waals surface area contributed by atoms with Crippen molar-refractivity contribution in [2.75, 3.05) is 0 Å². The van der Waals surface area contributed by atoms with Crippen molar-refractivity contribution in [3.8, 4) is 0 Å². The van der Waals surface area contributed by atoms with Gasteiger partial charge < -0.3 is 0 Å². The fourth-order valence-corrected chi connectivity index (χ4v) is 2.63. The van der Waals surface area contributed by atoms with Crippen molar-refractivity contribution in [3.05, 3.63) is 66.7 Å². The van der Waals surface area contributed by atoms with Gasteiger partial charge in [-0.25, -0.2) is 8.78 Å². The molecular weight excluding hydrogens is 429 g/mol. The van der Waals surface area contributed by atoms with Gasteiger partial charge >= 0.3 is 0 Å². The Hall–Kier alpha value is -0.820. The number of halogens is 4. The third kappa shape index (κ3) is 2.72. The first-order valence-corrected chi connectivity index (χ1v) is 7.24. The van der Waals surface area contributed by atoms with Gasteiger partial charge in [0.2, 0.25) is 0 Å². The second-order valence-corrected chi connectivity index (χ2v) is 5.92. The van der Waals surface area contributed by atoms with Gasteiger partial charge in [-0.3, -0.25) is 4.79 Å². The van der Waals surface area contributed by atoms with Crippen LogP contribution in [0.25, 0.3) is 0 Å². The number of hydrogen-bond donors (Lipinski definition) is 0. The van der Waals surface area contributed by atoms with E-state index in [4.69, 9.17) is 0 Å². The molecule has 0 radical (unpaired) electrons. The van der Waals surface area contributed by atoms with Crippen molar-refractivity contribution in [3.63, 3.8) is 0 Å². The van der Waals surface area contributed by atoms with Gasteiger partial charge in [0, 0.05) is 9.13 Å². The van der Waals surface area contributed by atoms with Crippen LogP contribution in [-0.2, 0) is 0 Å². The summed E-state index contributed by atoms with van der Waals surface area (Å²) < 4.78 is 28.4. The maximum Gasteiger partial charge on any atom is 0.200 e. The summed E-state index contributed by atoms with van der Waals surface area (Å²) in [6.07, 6.45) is 0. The van der Waals surface area contributed by atoms with Crippen LogP contribution in [0.3, 0.4) is 0 Å². The van der Waals surface area contributed by atoms with E-state index in [0.29, 0.717) is 9.13 Å². The largest absolute Gasteiger partial charge is 0.288 e. The summed E-state index contributed by atoms with van der Waals surface area (Å²) in [5.74, 6) is -2.38. The molecule has 0 aliphatic heterocycles. The standard InChI is InChI=1S/C14H8BrF2IO/c1-7-3-2-4-8(13(7)18)14(19)11-10(16)6-5-9(15)12(11)17/h2-6H,1H3. The highest BCUT2D eigenvalue weighted by Gasteiger charge is 2.22. The Morgan fingerprint density at radius 1 is 1.21 bits per heavy atom. The highest BCUT2D eigenvalue weighted by molar-refractivity contribution is 14.1. The monoisotopic (exact) mass is 436 g/mol. The molecule has 1 nitrogen and oxygen atoms in total. The molecule has 0 saturated heterocycles. The number of hydrogen-bond acceptors (Lipinski definition) is 1. The van der Waals surface area contributed by atoms with Gasteiger partial charge in [0.1, 0.15) is 5.82 Å². The first kappa shape index (κ1) is 14.6. The molecule has 2 aromatic carbocycles. The molecule has 0 atom stereocenters. The highest BCUT2D eigenvalue weighted by Crippen LogP contribution is 2.26. The SMILES string of the molecule is Cc1cccc(C(=O)c2c(F)ccc(Br)c2F)c1I. The van der Waals surface area contributed by atoms with E-state index in [0.717, 1.165) is 11.6 Å². The number of carbonyl (C=O) groups is 1. The normalized spacial score (nSPS) is 10.6. The third-order valence-corrected chi connectivity index (χ3v) is 4.75. The van der Waals surface area contributed by atoms with E-state index < -0.39 is 23.0 Å². The van der Waals surface area contributed by atoms with Crippen molar-refractivity contribution >= 4 is 44.3 Å². The lowest BCUT2D eigenvalue weighted by atomic mass is 10.0. The first-order chi connectivity index (χ1) is 8.93. The van der Waals surface area contributed by atoms with Gasteiger partial charge in [0.15, 0.2) is 11.6 Å². The van der Waals surface area contributed by atoms with Crippen LogP contribution in [0.4, 0.5) is 8.78 Å². The number of carbonyl (C=O) groups excluding carboxylic acids is 1. The molecule has 0 amide bonds. The van der Waals surface area contributed by atoms with Crippen LogP contribution in [-0.4, -0.2) is 5.78 Å². The Bertz CT molecular complexity index is 671. The van der Waals surface area contributed by atoms with Crippen molar-refractivity contribution in [1.82, 2.24) is 0 Å². The van der Waals surface area contributed by atoms with Gasteiger partial charge in [-0.1, -0.05) is 12.1 Å². The minimum atomic E-state index is -0.873. The summed E-state index contributed by atoms with van der Waals surface area (Å²) in [4.78, 5) is 12.3. The van der Waals surface area contributed by atoms with E-state index in [-0.39, 0.29) is 4.47 Å². The minimum Gasteiger partial charge on any atom is -0.288 e. The molecule has 0 aliphatic carbocycles. The minimum absolute atomic E-state index is 0.0694. The zero-order chi connectivity index (χ0) is 14.2. The molecule has 19 heavy (non-hydrogen) atoms. The second kappa shape index (κ2) is 5.66. The average molecular weight is 437 g/mol. The third-order valence-electron chi connectivity index (χ3n) is 2.71. The molecule has 0 aromatic heterocycles. The van der Waals surface area contributed by atoms with Crippen molar-refractivity contribution < 1.29 is 13.6 Å². The molecule has 0 spiro atoms. The zero-order valence-corrected chi connectivity index (χ0v) is 13.6. The molecular formula is C14H8BrF2IO. The average Bonchev–Trinajstić information content (AvgIpc) is 2.37. The van der Waals surface area contributed by atoms with Crippen molar-refractivity contribution in [1.29, 1.82) is 0 Å². The Morgan fingerprint density at radius 3 is 2.58 bits per heavy atom. The molecule has 0 bridgehead atoms. The van der Waals surface area contributed by atoms with Gasteiger partial charge in [-0.05, 0) is 69.2 Å². The predicted octanol–water partition coefficient (Wildman–Crippen LogP) is 4.87. The summed E-state index contributed by atoms with van der Waals surface area (Å²) >= 11 is 4.96. The second-order valence-electron chi connectivity index (χ2n) is 3.98. The van der Waals surface area contributed by atoms with Gasteiger partial charge in [0.25, 0.3) is 0 Å². The Labute approximate surface area is 131 Å². The molecule has 0 heterocycles. The first-order valence-electron chi connectivity index (χ1n) is 5.36. The van der Waals surface area contributed by atoms with E-state index in [2.05, 4.69) is 15.9 Å². The van der Waals surface area contributed by atoms with Gasteiger partial charge in [-0.15, -0.1) is 0 Å². The molecule has 2 rings (SSSR count). The zero-order valence-electron chi connectivity index (χ0n) is 9.81. The molecule has 5 heteroatoms. The topological polar surface area (TPSA) is 17.1 Å². The van der Waals surface area contributed by atoms with Crippen molar-refractivity contribution in [2.24, 2.45) is 0 Å². The molecule has 0 fully saturated rings. The Morgan fingerprint density at radius 2 is 1.89 bits per heavy atom. The Kier molecular flexibility index (Phi) is 4.35. The van der Waals surface area contributed by atoms with Crippen LogP contribution < -0.4 is 0 Å². The van der Waals surface area contributed by atoms with E-state index in [9.17, 15) is 13.6 Å². The summed E-state index contributed by atoms with van der Waals surface area (Å²) in [5.41, 5.74) is 0.664. The van der Waals surface area contributed by atoms with E-state index in [1.807, 2.05) is 35.6 Å². The highest BCUT2D eigenvalue weighted by atomic mass is 127. The lowest BCUT2D eigenvalue weighted by Crippen LogP contribution is -2.10. The van der Waals surface area contributed by atoms with Gasteiger partial charge in [0.05, 0.1) is 10.0 Å². The summed E-state index contributed by atoms with van der Waals surface area (Å²) in [6.45, 7) is 1.84. The maximum absolute atomic E-state index is 13.9. The summed E-state index contributed by atoms with van der Waals surface area (Å²) in [5, 5.41) is 0. The predicted molar refractivity (Wildman–Crippen MR) is 81.4 cm³/mol. The van der Waals surface area contributed by atoms with Crippen LogP contribution in [0.1, 0.15) is 21.5 Å². The van der Waals surface area contributed by atoms with Crippen LogP contribution in [0.15, 0.2) is 34.8 Å². The van der Waals surface area contributed by atoms with Crippen LogP contribution >= 0.6 is 38.5 Å². The molecule has 2 aromatic rings. The molecule has 0 aliphatic rings. The van der Waals surface area contributed by atoms with Crippen molar-refractivity contribution in [2.45, 2.75) is 6.92 Å². The van der Waals surface area contributed by atoms with E-state index in [1.54, 1.807) is 12.1 Å². The smallest absolute Gasteiger partial charge is 0.200 e. The molecule has 0 N–H and O–H groups in total. The summed E-state index contributed by atoms with van der Waals surface area (Å²) in [6, 6.07) is 7.41. The van der Waals surface area contributed by atoms with Crippen LogP contribution in [0.5, 0.6) is 0 Å². The molecule has 0 saturated carbocycles. The molecule has 0 unspecified atom stereocenters. The molecule has 98 valence electrons. The lowest BCUT2D eigenvalue weighted by molar-refractivity contribution is 0.103. The van der Waals surface area contributed by atoms with E-state index >= 15 is 0 Å². The quantitative estimate of drug-likeness (QED) is 0.373. The number of ketones is 1. The lowest BCUT2D eigenvalue weighted by Gasteiger charge is -2.09. The van der Waals surface area contributed by atoms with E-state index in [1.165, 1.54) is 6.07 Å².